The summed E-state index contributed by atoms with van der Waals surface area (Å²) in [6.07, 6.45) is 0. The molecule has 4 nitrogen and oxygen atoms in total. The molecule has 3 aromatic carbocycles. The molecule has 0 saturated carbocycles. The van der Waals surface area contributed by atoms with Gasteiger partial charge in [0.25, 0.3) is 0 Å². The normalized spacial score (nSPS) is 12.1. The lowest BCUT2D eigenvalue weighted by atomic mass is 10.1. The van der Waals surface area contributed by atoms with Crippen molar-refractivity contribution in [1.29, 1.82) is 0 Å². The average molecular weight is 394 g/mol. The number of carbonyl (C=O) groups is 1. The zero-order valence-electron chi connectivity index (χ0n) is 15.1. The van der Waals surface area contributed by atoms with Gasteiger partial charge in [0.15, 0.2) is 0 Å². The number of carbonyl (C=O) groups excluding carboxylic acids is 1. The largest absolute Gasteiger partial charge is 0.324 e. The van der Waals surface area contributed by atoms with Gasteiger partial charge in [-0.15, -0.1) is 0 Å². The molecule has 0 fully saturated rings. The Morgan fingerprint density at radius 2 is 1.79 bits per heavy atom. The van der Waals surface area contributed by atoms with Crippen LogP contribution in [0.2, 0.25) is 5.02 Å². The van der Waals surface area contributed by atoms with Crippen LogP contribution in [-0.4, -0.2) is 15.7 Å². The Bertz CT molecular complexity index is 1140. The summed E-state index contributed by atoms with van der Waals surface area (Å²) in [6.45, 7) is 1.77. The third-order valence-electron chi connectivity index (χ3n) is 4.57. The first-order valence-electron chi connectivity index (χ1n) is 8.82. The van der Waals surface area contributed by atoms with Crippen molar-refractivity contribution in [3.63, 3.8) is 0 Å². The molecule has 140 valence electrons. The number of hydrogen-bond acceptors (Lipinski definition) is 2. The van der Waals surface area contributed by atoms with Crippen LogP contribution in [0.3, 0.4) is 0 Å². The maximum Gasteiger partial charge on any atom is 0.248 e. The molecule has 1 aromatic heterocycles. The highest BCUT2D eigenvalue weighted by Gasteiger charge is 2.21. The minimum atomic E-state index is -0.578. The number of anilines is 1. The second-order valence-electron chi connectivity index (χ2n) is 6.49. The molecule has 28 heavy (non-hydrogen) atoms. The van der Waals surface area contributed by atoms with Crippen LogP contribution >= 0.6 is 11.6 Å². The highest BCUT2D eigenvalue weighted by atomic mass is 35.5. The summed E-state index contributed by atoms with van der Waals surface area (Å²) < 4.78 is 14.8. The Morgan fingerprint density at radius 1 is 1.07 bits per heavy atom. The molecule has 4 aromatic rings. The summed E-state index contributed by atoms with van der Waals surface area (Å²) in [5, 5.41) is 8.99. The predicted octanol–water partition coefficient (Wildman–Crippen LogP) is 5.70. The van der Waals surface area contributed by atoms with E-state index >= 15 is 0 Å². The van der Waals surface area contributed by atoms with Gasteiger partial charge in [-0.05, 0) is 49.4 Å². The van der Waals surface area contributed by atoms with E-state index in [-0.39, 0.29) is 11.7 Å². The monoisotopic (exact) mass is 393 g/mol. The molecule has 4 rings (SSSR count). The van der Waals surface area contributed by atoms with Crippen molar-refractivity contribution in [2.75, 3.05) is 5.32 Å². The van der Waals surface area contributed by atoms with Gasteiger partial charge in [0, 0.05) is 21.7 Å². The van der Waals surface area contributed by atoms with Crippen LogP contribution in [0.25, 0.3) is 22.2 Å². The van der Waals surface area contributed by atoms with E-state index in [1.807, 2.05) is 42.5 Å². The van der Waals surface area contributed by atoms with Crippen molar-refractivity contribution >= 4 is 34.1 Å². The molecule has 1 heterocycles. The van der Waals surface area contributed by atoms with Gasteiger partial charge >= 0.3 is 0 Å². The Morgan fingerprint density at radius 3 is 2.50 bits per heavy atom. The molecule has 0 unspecified atom stereocenters. The molecule has 0 saturated heterocycles. The number of rotatable bonds is 4. The Labute approximate surface area is 166 Å². The fourth-order valence-corrected chi connectivity index (χ4v) is 3.28. The summed E-state index contributed by atoms with van der Waals surface area (Å²) >= 11 is 6.20. The van der Waals surface area contributed by atoms with Crippen LogP contribution in [0.1, 0.15) is 13.0 Å². The third-order valence-corrected chi connectivity index (χ3v) is 4.81. The van der Waals surface area contributed by atoms with Crippen molar-refractivity contribution in [3.8, 4) is 11.3 Å². The second-order valence-corrected chi connectivity index (χ2v) is 6.93. The van der Waals surface area contributed by atoms with E-state index in [2.05, 4.69) is 5.32 Å². The van der Waals surface area contributed by atoms with Crippen LogP contribution in [0.15, 0.2) is 72.8 Å². The lowest BCUT2D eigenvalue weighted by Crippen LogP contribution is -2.24. The van der Waals surface area contributed by atoms with E-state index in [0.29, 0.717) is 10.7 Å². The van der Waals surface area contributed by atoms with Gasteiger partial charge in [-0.2, -0.15) is 5.10 Å². The van der Waals surface area contributed by atoms with E-state index < -0.39 is 6.04 Å². The van der Waals surface area contributed by atoms with Gasteiger partial charge in [-0.25, -0.2) is 4.39 Å². The molecule has 0 aliphatic heterocycles. The average Bonchev–Trinajstić information content (AvgIpc) is 3.08. The highest BCUT2D eigenvalue weighted by Crippen LogP contribution is 2.32. The minimum Gasteiger partial charge on any atom is -0.324 e. The number of fused-ring (bicyclic) bond motifs is 1. The van der Waals surface area contributed by atoms with Crippen LogP contribution < -0.4 is 5.32 Å². The lowest BCUT2D eigenvalue weighted by molar-refractivity contribution is -0.118. The first kappa shape index (κ1) is 18.2. The molecule has 0 bridgehead atoms. The van der Waals surface area contributed by atoms with E-state index in [1.54, 1.807) is 17.7 Å². The summed E-state index contributed by atoms with van der Waals surface area (Å²) in [5.41, 5.74) is 3.05. The first-order valence-corrected chi connectivity index (χ1v) is 9.20. The maximum absolute atomic E-state index is 13.1. The van der Waals surface area contributed by atoms with Crippen molar-refractivity contribution in [2.24, 2.45) is 0 Å². The summed E-state index contributed by atoms with van der Waals surface area (Å²) in [5.74, 6) is -0.598. The number of aromatic nitrogens is 2. The smallest absolute Gasteiger partial charge is 0.248 e. The zero-order valence-corrected chi connectivity index (χ0v) is 15.8. The molecule has 6 heteroatoms. The SMILES string of the molecule is C[C@@H](C(=O)Nc1ccc(F)cc1)n1nc(-c2ccccc2)c2cc(Cl)ccc21. The van der Waals surface area contributed by atoms with Crippen LogP contribution in [0, 0.1) is 5.82 Å². The molecule has 0 spiro atoms. The topological polar surface area (TPSA) is 46.9 Å². The molecule has 0 aliphatic carbocycles. The van der Waals surface area contributed by atoms with Crippen LogP contribution in [-0.2, 0) is 4.79 Å². The van der Waals surface area contributed by atoms with Crippen LogP contribution in [0.5, 0.6) is 0 Å². The fourth-order valence-electron chi connectivity index (χ4n) is 3.11. The van der Waals surface area contributed by atoms with Crippen molar-refractivity contribution in [3.05, 3.63) is 83.6 Å². The number of amides is 1. The Hall–Kier alpha value is -3.18. The van der Waals surface area contributed by atoms with Crippen molar-refractivity contribution in [2.45, 2.75) is 13.0 Å². The molecule has 0 radical (unpaired) electrons. The van der Waals surface area contributed by atoms with E-state index in [0.717, 1.165) is 22.2 Å². The molecule has 1 atom stereocenters. The molecule has 1 amide bonds. The highest BCUT2D eigenvalue weighted by molar-refractivity contribution is 6.31. The molecular weight excluding hydrogens is 377 g/mol. The van der Waals surface area contributed by atoms with Gasteiger partial charge in [-0.1, -0.05) is 41.9 Å². The molecule has 0 aliphatic rings. The second kappa shape index (κ2) is 7.44. The first-order chi connectivity index (χ1) is 13.5. The standard InChI is InChI=1S/C22H17ClFN3O/c1-14(22(28)25-18-10-8-17(24)9-11-18)27-20-12-7-16(23)13-19(20)21(26-27)15-5-3-2-4-6-15/h2-14H,1H3,(H,25,28)/t14-/m0/s1. The van der Waals surface area contributed by atoms with Gasteiger partial charge in [0.2, 0.25) is 5.91 Å². The van der Waals surface area contributed by atoms with Crippen molar-refractivity contribution in [1.82, 2.24) is 9.78 Å². The number of benzene rings is 3. The fraction of sp³-hybridized carbons (Fsp3) is 0.0909. The van der Waals surface area contributed by atoms with E-state index in [1.165, 1.54) is 24.3 Å². The van der Waals surface area contributed by atoms with Crippen LogP contribution in [0.4, 0.5) is 10.1 Å². The van der Waals surface area contributed by atoms with Gasteiger partial charge in [0.1, 0.15) is 17.6 Å². The van der Waals surface area contributed by atoms with Gasteiger partial charge < -0.3 is 5.32 Å². The third kappa shape index (κ3) is 3.49. The number of nitrogens with one attached hydrogen (secondary N) is 1. The summed E-state index contributed by atoms with van der Waals surface area (Å²) in [4.78, 5) is 12.8. The number of hydrogen-bond donors (Lipinski definition) is 1. The summed E-state index contributed by atoms with van der Waals surface area (Å²) in [7, 11) is 0. The number of halogens is 2. The predicted molar refractivity (Wildman–Crippen MR) is 110 cm³/mol. The lowest BCUT2D eigenvalue weighted by Gasteiger charge is -2.14. The Balaban J connectivity index is 1.73. The molecule has 1 N–H and O–H groups in total. The molecular formula is C22H17ClFN3O. The quantitative estimate of drug-likeness (QED) is 0.483. The van der Waals surface area contributed by atoms with E-state index in [9.17, 15) is 9.18 Å². The van der Waals surface area contributed by atoms with Gasteiger partial charge in [-0.3, -0.25) is 9.48 Å². The summed E-state index contributed by atoms with van der Waals surface area (Å²) in [6, 6.07) is 20.3. The number of nitrogens with zero attached hydrogens (tertiary/aromatic N) is 2. The Kier molecular flexibility index (Phi) is 4.84. The van der Waals surface area contributed by atoms with Gasteiger partial charge in [0.05, 0.1) is 5.52 Å². The zero-order chi connectivity index (χ0) is 19.7. The maximum atomic E-state index is 13.1. The minimum absolute atomic E-state index is 0.245. The van der Waals surface area contributed by atoms with Crippen molar-refractivity contribution < 1.29 is 9.18 Å². The van der Waals surface area contributed by atoms with E-state index in [4.69, 9.17) is 16.7 Å².